The van der Waals surface area contributed by atoms with Gasteiger partial charge in [-0.05, 0) is 91.9 Å². The van der Waals surface area contributed by atoms with Gasteiger partial charge in [-0.15, -0.1) is 11.3 Å². The molecule has 11 heteroatoms. The Balaban J connectivity index is 1.53. The first-order valence-corrected chi connectivity index (χ1v) is 15.6. The number of esters is 1. The van der Waals surface area contributed by atoms with Crippen LogP contribution < -0.4 is 25.1 Å². The monoisotopic (exact) mass is 644 g/mol. The maximum absolute atomic E-state index is 13.3. The number of anilines is 1. The summed E-state index contributed by atoms with van der Waals surface area (Å²) >= 11 is 7.50. The van der Waals surface area contributed by atoms with Crippen molar-refractivity contribution in [3.8, 4) is 11.5 Å². The average molecular weight is 645 g/mol. The molecule has 0 aliphatic heterocycles. The molecule has 232 valence electrons. The smallest absolute Gasteiger partial charge is 0.353 e. The third-order valence-electron chi connectivity index (χ3n) is 6.52. The van der Waals surface area contributed by atoms with E-state index in [-0.39, 0.29) is 22.0 Å². The zero-order chi connectivity index (χ0) is 32.2. The van der Waals surface area contributed by atoms with E-state index in [1.165, 1.54) is 17.6 Å². The Labute approximate surface area is 271 Å². The Hall–Kier alpha value is -4.93. The van der Waals surface area contributed by atoms with Crippen molar-refractivity contribution in [1.82, 2.24) is 10.7 Å². The molecule has 0 fully saturated rings. The molecule has 0 saturated carbocycles. The Kier molecular flexibility index (Phi) is 11.9. The molecule has 2 N–H and O–H groups in total. The predicted molar refractivity (Wildman–Crippen MR) is 180 cm³/mol. The molecule has 0 aliphatic carbocycles. The van der Waals surface area contributed by atoms with Crippen LogP contribution in [0.15, 0.2) is 95.0 Å². The third kappa shape index (κ3) is 9.04. The fourth-order valence-electron chi connectivity index (χ4n) is 4.26. The molecule has 0 radical (unpaired) electrons. The number of thiophene rings is 1. The summed E-state index contributed by atoms with van der Waals surface area (Å²) in [6.07, 6.45) is 2.98. The number of benzene rings is 3. The van der Waals surface area contributed by atoms with Crippen LogP contribution >= 0.6 is 22.9 Å². The van der Waals surface area contributed by atoms with Crippen LogP contribution in [0, 0.1) is 0 Å². The fraction of sp³-hybridized carbons (Fsp3) is 0.176. The lowest BCUT2D eigenvalue weighted by molar-refractivity contribution is -0.117. The van der Waals surface area contributed by atoms with E-state index in [4.69, 9.17) is 21.1 Å². The third-order valence-corrected chi connectivity index (χ3v) is 7.70. The van der Waals surface area contributed by atoms with Crippen molar-refractivity contribution < 1.29 is 23.9 Å². The molecule has 0 atom stereocenters. The SMILES string of the molecule is CCOc1cc(/C=N\NC(=O)/C(=C\c2ccc(N(CC)CC)cc2)NC(=O)c2ccccc2Cl)ccc1OC(=O)c1cccs1. The Morgan fingerprint density at radius 2 is 1.64 bits per heavy atom. The molecule has 1 heterocycles. The van der Waals surface area contributed by atoms with Crippen molar-refractivity contribution in [2.24, 2.45) is 5.10 Å². The first kappa shape index (κ1) is 33.0. The molecule has 2 amide bonds. The second kappa shape index (κ2) is 16.2. The quantitative estimate of drug-likeness (QED) is 0.0546. The van der Waals surface area contributed by atoms with E-state index in [0.717, 1.165) is 18.8 Å². The molecule has 0 aliphatic rings. The number of amides is 2. The van der Waals surface area contributed by atoms with Gasteiger partial charge in [-0.25, -0.2) is 10.2 Å². The number of nitrogens with zero attached hydrogens (tertiary/aromatic N) is 2. The number of halogens is 1. The van der Waals surface area contributed by atoms with Gasteiger partial charge < -0.3 is 19.7 Å². The molecule has 1 aromatic heterocycles. The number of rotatable bonds is 13. The maximum atomic E-state index is 13.3. The van der Waals surface area contributed by atoms with Crippen molar-refractivity contribution in [3.05, 3.63) is 117 Å². The van der Waals surface area contributed by atoms with E-state index in [1.807, 2.05) is 31.2 Å². The fourth-order valence-corrected chi connectivity index (χ4v) is 5.08. The minimum atomic E-state index is -0.647. The largest absolute Gasteiger partial charge is 0.490 e. The first-order valence-electron chi connectivity index (χ1n) is 14.3. The van der Waals surface area contributed by atoms with Gasteiger partial charge in [0, 0.05) is 18.8 Å². The summed E-state index contributed by atoms with van der Waals surface area (Å²) in [5.74, 6) is -1.07. The van der Waals surface area contributed by atoms with Crippen LogP contribution in [0.5, 0.6) is 11.5 Å². The predicted octanol–water partition coefficient (Wildman–Crippen LogP) is 6.79. The van der Waals surface area contributed by atoms with Crippen LogP contribution in [0.4, 0.5) is 5.69 Å². The minimum absolute atomic E-state index is 0.0292. The van der Waals surface area contributed by atoms with Crippen LogP contribution in [-0.2, 0) is 4.79 Å². The standard InChI is InChI=1S/C34H33ClN4O5S/c1-4-39(5-2)25-16-13-23(14-17-25)20-28(37-32(40)26-10-7-8-11-27(26)35)33(41)38-36-22-24-15-18-29(30(21-24)43-6-3)44-34(42)31-12-9-19-45-31/h7-22H,4-6H2,1-3H3,(H,37,40)(H,38,41)/b28-20+,36-22-. The molecular formula is C34H33ClN4O5S. The van der Waals surface area contributed by atoms with Crippen LogP contribution in [0.3, 0.4) is 0 Å². The second-order valence-electron chi connectivity index (χ2n) is 9.46. The summed E-state index contributed by atoms with van der Waals surface area (Å²) in [5.41, 5.74) is 4.99. The van der Waals surface area contributed by atoms with E-state index >= 15 is 0 Å². The summed E-state index contributed by atoms with van der Waals surface area (Å²) in [4.78, 5) is 41.4. The number of carbonyl (C=O) groups excluding carboxylic acids is 3. The van der Waals surface area contributed by atoms with E-state index < -0.39 is 17.8 Å². The van der Waals surface area contributed by atoms with Gasteiger partial charge in [-0.2, -0.15) is 5.10 Å². The van der Waals surface area contributed by atoms with Gasteiger partial charge in [0.1, 0.15) is 10.6 Å². The lowest BCUT2D eigenvalue weighted by Gasteiger charge is -2.21. The molecule has 9 nitrogen and oxygen atoms in total. The van der Waals surface area contributed by atoms with E-state index in [0.29, 0.717) is 28.4 Å². The van der Waals surface area contributed by atoms with Gasteiger partial charge in [0.05, 0.1) is 23.4 Å². The van der Waals surface area contributed by atoms with Crippen molar-refractivity contribution in [3.63, 3.8) is 0 Å². The normalized spacial score (nSPS) is 11.2. The zero-order valence-corrected chi connectivity index (χ0v) is 26.7. The summed E-state index contributed by atoms with van der Waals surface area (Å²) < 4.78 is 11.2. The summed E-state index contributed by atoms with van der Waals surface area (Å²) in [7, 11) is 0. The highest BCUT2D eigenvalue weighted by Crippen LogP contribution is 2.29. The van der Waals surface area contributed by atoms with E-state index in [1.54, 1.807) is 66.1 Å². The van der Waals surface area contributed by atoms with Crippen LogP contribution in [0.25, 0.3) is 6.08 Å². The number of nitrogens with one attached hydrogen (secondary N) is 2. The molecule has 0 unspecified atom stereocenters. The van der Waals surface area contributed by atoms with Gasteiger partial charge in [0.2, 0.25) is 0 Å². The number of hydrazone groups is 1. The lowest BCUT2D eigenvalue weighted by atomic mass is 10.1. The summed E-state index contributed by atoms with van der Waals surface area (Å²) in [5, 5.41) is 8.80. The zero-order valence-electron chi connectivity index (χ0n) is 25.1. The van der Waals surface area contributed by atoms with Crippen LogP contribution in [0.2, 0.25) is 5.02 Å². The van der Waals surface area contributed by atoms with Gasteiger partial charge in [0.15, 0.2) is 11.5 Å². The number of hydrogen-bond acceptors (Lipinski definition) is 8. The second-order valence-corrected chi connectivity index (χ2v) is 10.8. The number of hydrogen-bond donors (Lipinski definition) is 2. The molecular weight excluding hydrogens is 612 g/mol. The molecule has 4 aromatic rings. The number of ether oxygens (including phenoxy) is 2. The van der Waals surface area contributed by atoms with Gasteiger partial charge >= 0.3 is 5.97 Å². The molecule has 45 heavy (non-hydrogen) atoms. The van der Waals surface area contributed by atoms with E-state index in [9.17, 15) is 14.4 Å². The van der Waals surface area contributed by atoms with Crippen molar-refractivity contribution >= 4 is 58.7 Å². The Bertz CT molecular complexity index is 1680. The van der Waals surface area contributed by atoms with Crippen molar-refractivity contribution in [2.75, 3.05) is 24.6 Å². The first-order chi connectivity index (χ1) is 21.8. The van der Waals surface area contributed by atoms with Gasteiger partial charge in [-0.3, -0.25) is 9.59 Å². The minimum Gasteiger partial charge on any atom is -0.490 e. The Morgan fingerprint density at radius 3 is 2.31 bits per heavy atom. The van der Waals surface area contributed by atoms with E-state index in [2.05, 4.69) is 34.6 Å². The van der Waals surface area contributed by atoms with Gasteiger partial charge in [-0.1, -0.05) is 41.9 Å². The molecule has 0 bridgehead atoms. The molecule has 4 rings (SSSR count). The molecule has 0 spiro atoms. The van der Waals surface area contributed by atoms with Crippen molar-refractivity contribution in [2.45, 2.75) is 20.8 Å². The highest BCUT2D eigenvalue weighted by atomic mass is 35.5. The average Bonchev–Trinajstić information content (AvgIpc) is 3.59. The number of carbonyl (C=O) groups is 3. The van der Waals surface area contributed by atoms with Crippen molar-refractivity contribution in [1.29, 1.82) is 0 Å². The summed E-state index contributed by atoms with van der Waals surface area (Å²) in [6, 6.07) is 22.6. The summed E-state index contributed by atoms with van der Waals surface area (Å²) in [6.45, 7) is 8.04. The van der Waals surface area contributed by atoms with Crippen LogP contribution in [0.1, 0.15) is 51.9 Å². The molecule has 3 aromatic carbocycles. The highest BCUT2D eigenvalue weighted by molar-refractivity contribution is 7.12. The Morgan fingerprint density at radius 1 is 0.911 bits per heavy atom. The maximum Gasteiger partial charge on any atom is 0.353 e. The molecule has 0 saturated heterocycles. The van der Waals surface area contributed by atoms with Crippen LogP contribution in [-0.4, -0.2) is 43.7 Å². The lowest BCUT2D eigenvalue weighted by Crippen LogP contribution is -2.33. The van der Waals surface area contributed by atoms with Gasteiger partial charge in [0.25, 0.3) is 11.8 Å². The topological polar surface area (TPSA) is 109 Å². The highest BCUT2D eigenvalue weighted by Gasteiger charge is 2.17.